The zero-order valence-corrected chi connectivity index (χ0v) is 9.96. The summed E-state index contributed by atoms with van der Waals surface area (Å²) in [6, 6.07) is 0. The zero-order chi connectivity index (χ0) is 11.4. The van der Waals surface area contributed by atoms with Gasteiger partial charge in [0.1, 0.15) is 5.60 Å². The summed E-state index contributed by atoms with van der Waals surface area (Å²) in [5, 5.41) is 0. The molecule has 0 saturated carbocycles. The minimum Gasteiger partial charge on any atom is -0.460 e. The van der Waals surface area contributed by atoms with Crippen molar-refractivity contribution in [2.24, 2.45) is 17.6 Å². The van der Waals surface area contributed by atoms with Gasteiger partial charge in [-0.25, -0.2) is 0 Å². The molecule has 2 N–H and O–H groups in total. The van der Waals surface area contributed by atoms with Crippen LogP contribution in [0.3, 0.4) is 0 Å². The Morgan fingerprint density at radius 1 is 1.36 bits per heavy atom. The first-order valence-electron chi connectivity index (χ1n) is 5.21. The van der Waals surface area contributed by atoms with Crippen molar-refractivity contribution in [1.82, 2.24) is 0 Å². The number of hydrogen-bond acceptors (Lipinski definition) is 3. The number of ether oxygens (including phenoxy) is 1. The molecule has 0 aromatic heterocycles. The highest BCUT2D eigenvalue weighted by molar-refractivity contribution is 5.73. The Kier molecular flexibility index (Phi) is 5.13. The van der Waals surface area contributed by atoms with E-state index in [1.807, 2.05) is 34.6 Å². The molecule has 1 unspecified atom stereocenters. The van der Waals surface area contributed by atoms with Crippen LogP contribution in [0.5, 0.6) is 0 Å². The third-order valence-corrected chi connectivity index (χ3v) is 1.99. The van der Waals surface area contributed by atoms with Crippen LogP contribution in [0, 0.1) is 11.8 Å². The van der Waals surface area contributed by atoms with Gasteiger partial charge in [0.25, 0.3) is 0 Å². The Morgan fingerprint density at radius 3 is 2.14 bits per heavy atom. The van der Waals surface area contributed by atoms with Crippen LogP contribution in [0.2, 0.25) is 0 Å². The lowest BCUT2D eigenvalue weighted by molar-refractivity contribution is -0.161. The monoisotopic (exact) mass is 201 g/mol. The Balaban J connectivity index is 4.30. The lowest BCUT2D eigenvalue weighted by atomic mass is 9.92. The number of carbonyl (C=O) groups is 1. The van der Waals surface area contributed by atoms with Crippen molar-refractivity contribution in [2.45, 2.75) is 46.6 Å². The first-order chi connectivity index (χ1) is 6.28. The summed E-state index contributed by atoms with van der Waals surface area (Å²) in [6.07, 6.45) is 0.701. The van der Waals surface area contributed by atoms with E-state index in [0.717, 1.165) is 0 Å². The third kappa shape index (κ3) is 5.22. The van der Waals surface area contributed by atoms with Gasteiger partial charge in [0.15, 0.2) is 0 Å². The second-order valence-corrected chi connectivity index (χ2v) is 4.96. The minimum atomic E-state index is -0.404. The molecule has 0 heterocycles. The summed E-state index contributed by atoms with van der Waals surface area (Å²) in [7, 11) is 0. The van der Waals surface area contributed by atoms with Crippen molar-refractivity contribution < 1.29 is 9.53 Å². The van der Waals surface area contributed by atoms with Crippen LogP contribution in [0.4, 0.5) is 0 Å². The van der Waals surface area contributed by atoms with Crippen LogP contribution in [0.15, 0.2) is 0 Å². The fourth-order valence-electron chi connectivity index (χ4n) is 1.28. The highest BCUT2D eigenvalue weighted by atomic mass is 16.6. The molecular formula is C11H23NO2. The van der Waals surface area contributed by atoms with Gasteiger partial charge in [-0.05, 0) is 39.7 Å². The van der Waals surface area contributed by atoms with Gasteiger partial charge in [0.2, 0.25) is 0 Å². The van der Waals surface area contributed by atoms with Crippen molar-refractivity contribution in [3.8, 4) is 0 Å². The molecule has 0 bridgehead atoms. The molecule has 1 atom stereocenters. The Hall–Kier alpha value is -0.570. The summed E-state index contributed by atoms with van der Waals surface area (Å²) >= 11 is 0. The summed E-state index contributed by atoms with van der Waals surface area (Å²) in [6.45, 7) is 10.2. The lowest BCUT2D eigenvalue weighted by Gasteiger charge is -2.25. The lowest BCUT2D eigenvalue weighted by Crippen LogP contribution is -2.32. The Morgan fingerprint density at radius 2 is 1.86 bits per heavy atom. The summed E-state index contributed by atoms with van der Waals surface area (Å²) in [5.74, 6) is 0.0885. The molecule has 3 nitrogen and oxygen atoms in total. The van der Waals surface area contributed by atoms with Gasteiger partial charge in [-0.1, -0.05) is 13.8 Å². The molecule has 14 heavy (non-hydrogen) atoms. The predicted molar refractivity (Wildman–Crippen MR) is 57.8 cm³/mol. The van der Waals surface area contributed by atoms with E-state index in [9.17, 15) is 4.79 Å². The van der Waals surface area contributed by atoms with Crippen LogP contribution in [-0.2, 0) is 9.53 Å². The molecule has 0 fully saturated rings. The van der Waals surface area contributed by atoms with Gasteiger partial charge in [0.05, 0.1) is 5.92 Å². The van der Waals surface area contributed by atoms with Crippen LogP contribution in [0.1, 0.15) is 41.0 Å². The molecular weight excluding hydrogens is 178 g/mol. The quantitative estimate of drug-likeness (QED) is 0.707. The summed E-state index contributed by atoms with van der Waals surface area (Å²) in [4.78, 5) is 11.7. The number of nitrogens with two attached hydrogens (primary N) is 1. The molecule has 0 rings (SSSR count). The fourth-order valence-corrected chi connectivity index (χ4v) is 1.28. The molecule has 0 radical (unpaired) electrons. The number of hydrogen-bond donors (Lipinski definition) is 1. The smallest absolute Gasteiger partial charge is 0.309 e. The maximum atomic E-state index is 11.7. The molecule has 0 aromatic rings. The van der Waals surface area contributed by atoms with E-state index in [1.165, 1.54) is 0 Å². The zero-order valence-electron chi connectivity index (χ0n) is 9.96. The largest absolute Gasteiger partial charge is 0.460 e. The van der Waals surface area contributed by atoms with E-state index in [2.05, 4.69) is 0 Å². The van der Waals surface area contributed by atoms with Gasteiger partial charge in [-0.3, -0.25) is 4.79 Å². The Labute approximate surface area is 87.0 Å². The maximum Gasteiger partial charge on any atom is 0.309 e. The predicted octanol–water partition coefficient (Wildman–Crippen LogP) is 1.95. The molecule has 0 aliphatic carbocycles. The topological polar surface area (TPSA) is 52.3 Å². The molecule has 3 heteroatoms. The van der Waals surface area contributed by atoms with Crippen LogP contribution < -0.4 is 5.73 Å². The first kappa shape index (κ1) is 13.4. The molecule has 84 valence electrons. The van der Waals surface area contributed by atoms with E-state index in [-0.39, 0.29) is 17.8 Å². The Bertz CT molecular complexity index is 182. The van der Waals surface area contributed by atoms with Crippen molar-refractivity contribution in [1.29, 1.82) is 0 Å². The molecule has 0 aliphatic heterocycles. The van der Waals surface area contributed by atoms with Crippen molar-refractivity contribution in [3.05, 3.63) is 0 Å². The molecule has 0 aromatic carbocycles. The minimum absolute atomic E-state index is 0.0702. The second kappa shape index (κ2) is 5.35. The second-order valence-electron chi connectivity index (χ2n) is 4.96. The van der Waals surface area contributed by atoms with E-state index in [1.54, 1.807) is 0 Å². The SMILES string of the molecule is CC(C)C(CCN)C(=O)OC(C)(C)C. The number of esters is 1. The maximum absolute atomic E-state index is 11.7. The van der Waals surface area contributed by atoms with Gasteiger partial charge < -0.3 is 10.5 Å². The van der Waals surface area contributed by atoms with Gasteiger partial charge in [0, 0.05) is 0 Å². The summed E-state index contributed by atoms with van der Waals surface area (Å²) in [5.41, 5.74) is 5.06. The van der Waals surface area contributed by atoms with E-state index >= 15 is 0 Å². The fraction of sp³-hybridized carbons (Fsp3) is 0.909. The summed E-state index contributed by atoms with van der Waals surface area (Å²) < 4.78 is 5.32. The standard InChI is InChI=1S/C11H23NO2/c1-8(2)9(6-7-12)10(13)14-11(3,4)5/h8-9H,6-7,12H2,1-5H3. The first-order valence-corrected chi connectivity index (χ1v) is 5.21. The van der Waals surface area contributed by atoms with Crippen molar-refractivity contribution >= 4 is 5.97 Å². The van der Waals surface area contributed by atoms with E-state index in [0.29, 0.717) is 13.0 Å². The van der Waals surface area contributed by atoms with Crippen LogP contribution in [0.25, 0.3) is 0 Å². The van der Waals surface area contributed by atoms with Crippen LogP contribution in [-0.4, -0.2) is 18.1 Å². The molecule has 0 aliphatic rings. The van der Waals surface area contributed by atoms with Gasteiger partial charge in [-0.2, -0.15) is 0 Å². The third-order valence-electron chi connectivity index (χ3n) is 1.99. The van der Waals surface area contributed by atoms with E-state index in [4.69, 9.17) is 10.5 Å². The molecule has 0 amide bonds. The average Bonchev–Trinajstić information content (AvgIpc) is 1.95. The van der Waals surface area contributed by atoms with E-state index < -0.39 is 5.60 Å². The van der Waals surface area contributed by atoms with Crippen LogP contribution >= 0.6 is 0 Å². The normalized spacial score (nSPS) is 14.2. The van der Waals surface area contributed by atoms with Crippen molar-refractivity contribution in [2.75, 3.05) is 6.54 Å². The molecule has 0 spiro atoms. The van der Waals surface area contributed by atoms with Crippen molar-refractivity contribution in [3.63, 3.8) is 0 Å². The highest BCUT2D eigenvalue weighted by Gasteiger charge is 2.26. The number of rotatable bonds is 4. The average molecular weight is 201 g/mol. The number of carbonyl (C=O) groups excluding carboxylic acids is 1. The van der Waals surface area contributed by atoms with Gasteiger partial charge >= 0.3 is 5.97 Å². The van der Waals surface area contributed by atoms with Gasteiger partial charge in [-0.15, -0.1) is 0 Å². The highest BCUT2D eigenvalue weighted by Crippen LogP contribution is 2.19. The molecule has 0 saturated heterocycles.